The highest BCUT2D eigenvalue weighted by Crippen LogP contribution is 2.35. The molecule has 3 aromatic rings. The van der Waals surface area contributed by atoms with Crippen molar-refractivity contribution in [2.75, 3.05) is 14.2 Å². The van der Waals surface area contributed by atoms with Crippen LogP contribution in [0.4, 0.5) is 10.5 Å². The molecule has 3 aromatic carbocycles. The zero-order valence-corrected chi connectivity index (χ0v) is 19.2. The lowest BCUT2D eigenvalue weighted by Crippen LogP contribution is -2.30. The summed E-state index contributed by atoms with van der Waals surface area (Å²) in [7, 11) is 2.77. The molecular weight excluding hydrogens is 456 g/mol. The van der Waals surface area contributed by atoms with Crippen LogP contribution in [0.3, 0.4) is 0 Å². The molecule has 1 amide bonds. The summed E-state index contributed by atoms with van der Waals surface area (Å²) < 4.78 is 15.8. The molecule has 0 bridgehead atoms. The van der Waals surface area contributed by atoms with Crippen molar-refractivity contribution >= 4 is 17.7 Å². The fourth-order valence-electron chi connectivity index (χ4n) is 3.39. The van der Waals surface area contributed by atoms with Crippen molar-refractivity contribution < 1.29 is 33.8 Å². The molecule has 0 aromatic heterocycles. The van der Waals surface area contributed by atoms with Gasteiger partial charge in [0.2, 0.25) is 0 Å². The Hall–Kier alpha value is -4.60. The van der Waals surface area contributed by atoms with E-state index < -0.39 is 17.0 Å². The van der Waals surface area contributed by atoms with Crippen molar-refractivity contribution in [1.29, 1.82) is 0 Å². The van der Waals surface area contributed by atoms with Crippen LogP contribution in [0.5, 0.6) is 11.5 Å². The van der Waals surface area contributed by atoms with Crippen molar-refractivity contribution in [1.82, 2.24) is 4.90 Å². The summed E-state index contributed by atoms with van der Waals surface area (Å²) >= 11 is 0. The van der Waals surface area contributed by atoms with Gasteiger partial charge in [-0.3, -0.25) is 15.0 Å². The van der Waals surface area contributed by atoms with Crippen molar-refractivity contribution in [3.63, 3.8) is 0 Å². The molecule has 1 N–H and O–H groups in total. The number of carbonyl (C=O) groups is 2. The number of nitrogens with zero attached hydrogens (tertiary/aromatic N) is 2. The summed E-state index contributed by atoms with van der Waals surface area (Å²) in [5, 5.41) is 20.6. The summed E-state index contributed by atoms with van der Waals surface area (Å²) in [4.78, 5) is 36.5. The largest absolute Gasteiger partial charge is 0.493 e. The Morgan fingerprint density at radius 1 is 0.914 bits per heavy atom. The molecule has 0 saturated heterocycles. The van der Waals surface area contributed by atoms with E-state index in [-0.39, 0.29) is 48.0 Å². The van der Waals surface area contributed by atoms with Gasteiger partial charge in [-0.1, -0.05) is 42.5 Å². The van der Waals surface area contributed by atoms with E-state index in [1.807, 2.05) is 30.3 Å². The summed E-state index contributed by atoms with van der Waals surface area (Å²) in [6, 6.07) is 18.0. The quantitative estimate of drug-likeness (QED) is 0.328. The second-order valence-corrected chi connectivity index (χ2v) is 7.49. The molecule has 0 aliphatic carbocycles. The minimum Gasteiger partial charge on any atom is -0.493 e. The minimum atomic E-state index is -1.05. The molecule has 0 saturated carbocycles. The minimum absolute atomic E-state index is 0.131. The normalized spacial score (nSPS) is 10.3. The molecule has 0 heterocycles. The fraction of sp³-hybridized carbons (Fsp3) is 0.200. The predicted octanol–water partition coefficient (Wildman–Crippen LogP) is 4.65. The molecule has 0 unspecified atom stereocenters. The number of aromatic carboxylic acids is 1. The van der Waals surface area contributed by atoms with Crippen LogP contribution < -0.4 is 9.47 Å². The number of nitro benzene ring substituents is 1. The van der Waals surface area contributed by atoms with E-state index in [9.17, 15) is 19.7 Å². The van der Waals surface area contributed by atoms with E-state index in [0.717, 1.165) is 5.56 Å². The number of nitro groups is 1. The van der Waals surface area contributed by atoms with Crippen molar-refractivity contribution in [3.05, 3.63) is 99.1 Å². The molecule has 10 heteroatoms. The van der Waals surface area contributed by atoms with E-state index in [0.29, 0.717) is 5.56 Å². The van der Waals surface area contributed by atoms with Gasteiger partial charge in [0.05, 0.1) is 36.3 Å². The van der Waals surface area contributed by atoms with Gasteiger partial charge in [0.15, 0.2) is 11.5 Å². The van der Waals surface area contributed by atoms with E-state index in [1.165, 1.54) is 43.4 Å². The van der Waals surface area contributed by atoms with Crippen LogP contribution in [-0.2, 0) is 24.4 Å². The number of rotatable bonds is 10. The number of hydrogen-bond acceptors (Lipinski definition) is 7. The topological polar surface area (TPSA) is 128 Å². The highest BCUT2D eigenvalue weighted by atomic mass is 16.6. The first-order chi connectivity index (χ1) is 16.8. The first kappa shape index (κ1) is 25.0. The fourth-order valence-corrected chi connectivity index (χ4v) is 3.39. The Labute approximate surface area is 201 Å². The highest BCUT2D eigenvalue weighted by molar-refractivity contribution is 5.87. The SMILES string of the molecule is COc1cc(COC(=O)N(Cc2ccccc2)Cc2ccc(C(=O)O)cc2)c([N+](=O)[O-])cc1OC. The maximum Gasteiger partial charge on any atom is 0.410 e. The van der Waals surface area contributed by atoms with Crippen LogP contribution >= 0.6 is 0 Å². The second-order valence-electron chi connectivity index (χ2n) is 7.49. The number of carboxylic acid groups (broad SMARTS) is 1. The number of methoxy groups -OCH3 is 2. The van der Waals surface area contributed by atoms with Crippen molar-refractivity contribution in [2.24, 2.45) is 0 Å². The Balaban J connectivity index is 1.82. The lowest BCUT2D eigenvalue weighted by Gasteiger charge is -2.23. The van der Waals surface area contributed by atoms with Gasteiger partial charge in [-0.25, -0.2) is 9.59 Å². The van der Waals surface area contributed by atoms with Gasteiger partial charge in [-0.2, -0.15) is 0 Å². The zero-order chi connectivity index (χ0) is 25.4. The van der Waals surface area contributed by atoms with Gasteiger partial charge >= 0.3 is 12.1 Å². The lowest BCUT2D eigenvalue weighted by atomic mass is 10.1. The zero-order valence-electron chi connectivity index (χ0n) is 19.2. The van der Waals surface area contributed by atoms with Crippen LogP contribution in [0.2, 0.25) is 0 Å². The van der Waals surface area contributed by atoms with E-state index in [2.05, 4.69) is 0 Å². The summed E-state index contributed by atoms with van der Waals surface area (Å²) in [6.45, 7) is -0.00518. The first-order valence-corrected chi connectivity index (χ1v) is 10.5. The lowest BCUT2D eigenvalue weighted by molar-refractivity contribution is -0.385. The average molecular weight is 480 g/mol. The smallest absolute Gasteiger partial charge is 0.410 e. The molecular formula is C25H24N2O8. The third kappa shape index (κ3) is 6.47. The second kappa shape index (κ2) is 11.5. The maximum absolute atomic E-state index is 13.0. The molecule has 0 aliphatic heterocycles. The summed E-state index contributed by atoms with van der Waals surface area (Å²) in [5.41, 5.74) is 1.55. The predicted molar refractivity (Wildman–Crippen MR) is 125 cm³/mol. The van der Waals surface area contributed by atoms with Gasteiger partial charge in [0.1, 0.15) is 6.61 Å². The first-order valence-electron chi connectivity index (χ1n) is 10.5. The third-order valence-corrected chi connectivity index (χ3v) is 5.18. The molecule has 0 spiro atoms. The van der Waals surface area contributed by atoms with Crippen LogP contribution in [-0.4, -0.2) is 41.2 Å². The number of hydrogen-bond donors (Lipinski definition) is 1. The van der Waals surface area contributed by atoms with Crippen LogP contribution in [0.25, 0.3) is 0 Å². The van der Waals surface area contributed by atoms with Gasteiger partial charge < -0.3 is 19.3 Å². The molecule has 10 nitrogen and oxygen atoms in total. The highest BCUT2D eigenvalue weighted by Gasteiger charge is 2.23. The average Bonchev–Trinajstić information content (AvgIpc) is 2.87. The van der Waals surface area contributed by atoms with Gasteiger partial charge in [0.25, 0.3) is 5.69 Å². The number of ether oxygens (including phenoxy) is 3. The molecule has 0 atom stereocenters. The maximum atomic E-state index is 13.0. The molecule has 3 rings (SSSR count). The monoisotopic (exact) mass is 480 g/mol. The number of carboxylic acids is 1. The molecule has 182 valence electrons. The molecule has 0 radical (unpaired) electrons. The van der Waals surface area contributed by atoms with E-state index in [1.54, 1.807) is 12.1 Å². The summed E-state index contributed by atoms with van der Waals surface area (Å²) in [6.07, 6.45) is -0.694. The number of amides is 1. The Kier molecular flexibility index (Phi) is 8.23. The Morgan fingerprint density at radius 3 is 2.03 bits per heavy atom. The Morgan fingerprint density at radius 2 is 1.49 bits per heavy atom. The van der Waals surface area contributed by atoms with E-state index in [4.69, 9.17) is 19.3 Å². The third-order valence-electron chi connectivity index (χ3n) is 5.18. The van der Waals surface area contributed by atoms with E-state index >= 15 is 0 Å². The van der Waals surface area contributed by atoms with Gasteiger partial charge in [0, 0.05) is 13.1 Å². The van der Waals surface area contributed by atoms with Crippen LogP contribution in [0.1, 0.15) is 27.0 Å². The number of carbonyl (C=O) groups excluding carboxylic acids is 1. The Bertz CT molecular complexity index is 1200. The van der Waals surface area contributed by atoms with Crippen LogP contribution in [0, 0.1) is 10.1 Å². The van der Waals surface area contributed by atoms with Crippen molar-refractivity contribution in [3.8, 4) is 11.5 Å². The molecule has 0 aliphatic rings. The van der Waals surface area contributed by atoms with Crippen molar-refractivity contribution in [2.45, 2.75) is 19.7 Å². The molecule has 35 heavy (non-hydrogen) atoms. The van der Waals surface area contributed by atoms with Crippen LogP contribution in [0.15, 0.2) is 66.7 Å². The summed E-state index contributed by atoms with van der Waals surface area (Å²) in [5.74, 6) is -0.595. The standard InChI is InChI=1S/C25H24N2O8/c1-33-22-12-20(21(27(31)32)13-23(22)34-2)16-35-25(30)26(14-17-6-4-3-5-7-17)15-18-8-10-19(11-9-18)24(28)29/h3-13H,14-16H2,1-2H3,(H,28,29). The van der Waals surface area contributed by atoms with Gasteiger partial charge in [-0.15, -0.1) is 0 Å². The number of benzene rings is 3. The molecule has 0 fully saturated rings. The van der Waals surface area contributed by atoms with Gasteiger partial charge in [-0.05, 0) is 29.3 Å².